The summed E-state index contributed by atoms with van der Waals surface area (Å²) in [6.45, 7) is 6.80. The van der Waals surface area contributed by atoms with Gasteiger partial charge in [-0.05, 0) is 48.9 Å². The van der Waals surface area contributed by atoms with Gasteiger partial charge in [0.25, 0.3) is 0 Å². The van der Waals surface area contributed by atoms with Crippen LogP contribution in [0.15, 0.2) is 18.2 Å². The van der Waals surface area contributed by atoms with Crippen molar-refractivity contribution in [1.29, 1.82) is 0 Å². The summed E-state index contributed by atoms with van der Waals surface area (Å²) in [6, 6.07) is 5.26. The number of halogens is 1. The van der Waals surface area contributed by atoms with Crippen LogP contribution in [0.2, 0.25) is 0 Å². The molecule has 0 heterocycles. The van der Waals surface area contributed by atoms with Crippen molar-refractivity contribution in [1.82, 2.24) is 0 Å². The molecule has 1 aromatic carbocycles. The summed E-state index contributed by atoms with van der Waals surface area (Å²) in [4.78, 5) is 0. The monoisotopic (exact) mass is 209 g/mol. The molecule has 1 atom stereocenters. The van der Waals surface area contributed by atoms with Crippen LogP contribution in [0.1, 0.15) is 37.3 Å². The third kappa shape index (κ3) is 2.78. The molecule has 1 unspecified atom stereocenters. The number of aryl methyl sites for hydroxylation is 1. The molecule has 0 radical (unpaired) electrons. The molecule has 15 heavy (non-hydrogen) atoms. The molecular weight excluding hydrogens is 189 g/mol. The fourth-order valence-corrected chi connectivity index (χ4v) is 2.10. The molecule has 0 bridgehead atoms. The van der Waals surface area contributed by atoms with Crippen LogP contribution in [0.3, 0.4) is 0 Å². The first-order valence-corrected chi connectivity index (χ1v) is 5.53. The maximum absolute atomic E-state index is 13.7. The van der Waals surface area contributed by atoms with Crippen LogP contribution in [-0.4, -0.2) is 6.54 Å². The number of hydrogen-bond donors (Lipinski definition) is 1. The van der Waals surface area contributed by atoms with E-state index in [0.29, 0.717) is 12.5 Å². The first-order chi connectivity index (χ1) is 7.07. The van der Waals surface area contributed by atoms with Gasteiger partial charge in [0.05, 0.1) is 0 Å². The first-order valence-electron chi connectivity index (χ1n) is 5.53. The molecule has 0 aromatic heterocycles. The lowest BCUT2D eigenvalue weighted by atomic mass is 9.83. The van der Waals surface area contributed by atoms with Gasteiger partial charge >= 0.3 is 0 Å². The van der Waals surface area contributed by atoms with E-state index in [0.717, 1.165) is 17.5 Å². The molecule has 2 heteroatoms. The van der Waals surface area contributed by atoms with E-state index >= 15 is 0 Å². The van der Waals surface area contributed by atoms with Gasteiger partial charge in [-0.3, -0.25) is 0 Å². The van der Waals surface area contributed by atoms with Crippen LogP contribution in [0.4, 0.5) is 4.39 Å². The molecule has 0 fully saturated rings. The summed E-state index contributed by atoms with van der Waals surface area (Å²) in [6.07, 6.45) is 0.847. The number of nitrogens with two attached hydrogens (primary N) is 1. The summed E-state index contributed by atoms with van der Waals surface area (Å²) >= 11 is 0. The lowest BCUT2D eigenvalue weighted by molar-refractivity contribution is 0.449. The molecule has 1 rings (SSSR count). The van der Waals surface area contributed by atoms with E-state index in [-0.39, 0.29) is 11.7 Å². The van der Waals surface area contributed by atoms with E-state index in [9.17, 15) is 4.39 Å². The number of hydrogen-bond acceptors (Lipinski definition) is 1. The molecule has 1 aromatic rings. The minimum Gasteiger partial charge on any atom is -0.330 e. The Bertz CT molecular complexity index is 300. The fraction of sp³-hybridized carbons (Fsp3) is 0.538. The van der Waals surface area contributed by atoms with Crippen LogP contribution in [0.25, 0.3) is 0 Å². The Hall–Kier alpha value is -0.890. The highest BCUT2D eigenvalue weighted by molar-refractivity contribution is 5.31. The number of rotatable bonds is 4. The molecule has 0 saturated carbocycles. The third-order valence-corrected chi connectivity index (χ3v) is 2.92. The maximum Gasteiger partial charge on any atom is 0.126 e. The van der Waals surface area contributed by atoms with E-state index in [1.54, 1.807) is 6.07 Å². The molecule has 0 amide bonds. The summed E-state index contributed by atoms with van der Waals surface area (Å²) in [5.41, 5.74) is 7.46. The number of benzene rings is 1. The van der Waals surface area contributed by atoms with Gasteiger partial charge in [0, 0.05) is 0 Å². The Kier molecular flexibility index (Phi) is 4.28. The highest BCUT2D eigenvalue weighted by Crippen LogP contribution is 2.31. The second-order valence-corrected chi connectivity index (χ2v) is 4.40. The second kappa shape index (κ2) is 5.26. The highest BCUT2D eigenvalue weighted by Gasteiger charge is 2.20. The zero-order chi connectivity index (χ0) is 11.4. The molecule has 84 valence electrons. The lowest BCUT2D eigenvalue weighted by Gasteiger charge is -2.23. The molecule has 0 saturated heterocycles. The molecule has 0 aliphatic carbocycles. The first kappa shape index (κ1) is 12.2. The zero-order valence-electron chi connectivity index (χ0n) is 9.76. The van der Waals surface area contributed by atoms with Gasteiger partial charge in [0.2, 0.25) is 0 Å². The molecule has 0 spiro atoms. The predicted octanol–water partition coefficient (Wildman–Crippen LogP) is 3.22. The van der Waals surface area contributed by atoms with Gasteiger partial charge in [-0.15, -0.1) is 0 Å². The van der Waals surface area contributed by atoms with Gasteiger partial charge in [-0.2, -0.15) is 0 Å². The van der Waals surface area contributed by atoms with Crippen LogP contribution in [-0.2, 0) is 0 Å². The Balaban J connectivity index is 3.10. The van der Waals surface area contributed by atoms with Crippen molar-refractivity contribution in [3.63, 3.8) is 0 Å². The SMILES string of the molecule is Cc1cccc(F)c1C(CCN)C(C)C. The Morgan fingerprint density at radius 1 is 1.33 bits per heavy atom. The van der Waals surface area contributed by atoms with E-state index in [1.807, 2.05) is 13.0 Å². The molecular formula is C13H20FN. The van der Waals surface area contributed by atoms with Crippen LogP contribution in [0.5, 0.6) is 0 Å². The predicted molar refractivity (Wildman–Crippen MR) is 62.4 cm³/mol. The van der Waals surface area contributed by atoms with Gasteiger partial charge in [0.1, 0.15) is 5.82 Å². The molecule has 0 aliphatic rings. The van der Waals surface area contributed by atoms with E-state index in [1.165, 1.54) is 6.07 Å². The van der Waals surface area contributed by atoms with Crippen LogP contribution in [0, 0.1) is 18.7 Å². The van der Waals surface area contributed by atoms with Crippen LogP contribution < -0.4 is 5.73 Å². The second-order valence-electron chi connectivity index (χ2n) is 4.40. The average molecular weight is 209 g/mol. The zero-order valence-corrected chi connectivity index (χ0v) is 9.76. The Labute approximate surface area is 91.5 Å². The summed E-state index contributed by atoms with van der Waals surface area (Å²) < 4.78 is 13.7. The standard InChI is InChI=1S/C13H20FN/c1-9(2)11(7-8-15)13-10(3)5-4-6-12(13)14/h4-6,9,11H,7-8,15H2,1-3H3. The van der Waals surface area contributed by atoms with Crippen LogP contribution >= 0.6 is 0 Å². The lowest BCUT2D eigenvalue weighted by Crippen LogP contribution is -2.15. The van der Waals surface area contributed by atoms with Crippen molar-refractivity contribution >= 4 is 0 Å². The quantitative estimate of drug-likeness (QED) is 0.809. The summed E-state index contributed by atoms with van der Waals surface area (Å²) in [7, 11) is 0. The Morgan fingerprint density at radius 2 is 2.00 bits per heavy atom. The van der Waals surface area contributed by atoms with Crippen molar-refractivity contribution in [2.45, 2.75) is 33.1 Å². The molecule has 2 N–H and O–H groups in total. The smallest absolute Gasteiger partial charge is 0.126 e. The van der Waals surface area contributed by atoms with Crippen molar-refractivity contribution in [3.8, 4) is 0 Å². The largest absolute Gasteiger partial charge is 0.330 e. The van der Waals surface area contributed by atoms with E-state index in [2.05, 4.69) is 13.8 Å². The summed E-state index contributed by atoms with van der Waals surface area (Å²) in [5.74, 6) is 0.558. The van der Waals surface area contributed by atoms with Crippen molar-refractivity contribution in [2.75, 3.05) is 6.54 Å². The average Bonchev–Trinajstić information content (AvgIpc) is 2.15. The van der Waals surface area contributed by atoms with E-state index < -0.39 is 0 Å². The third-order valence-electron chi connectivity index (χ3n) is 2.92. The van der Waals surface area contributed by atoms with Gasteiger partial charge in [-0.25, -0.2) is 4.39 Å². The van der Waals surface area contributed by atoms with Gasteiger partial charge in [-0.1, -0.05) is 26.0 Å². The molecule has 1 nitrogen and oxygen atoms in total. The van der Waals surface area contributed by atoms with Gasteiger partial charge < -0.3 is 5.73 Å². The Morgan fingerprint density at radius 3 is 2.47 bits per heavy atom. The minimum absolute atomic E-state index is 0.0952. The van der Waals surface area contributed by atoms with Crippen molar-refractivity contribution < 1.29 is 4.39 Å². The van der Waals surface area contributed by atoms with Crippen molar-refractivity contribution in [2.24, 2.45) is 11.7 Å². The highest BCUT2D eigenvalue weighted by atomic mass is 19.1. The maximum atomic E-state index is 13.7. The topological polar surface area (TPSA) is 26.0 Å². The normalized spacial score (nSPS) is 13.2. The summed E-state index contributed by atoms with van der Waals surface area (Å²) in [5, 5.41) is 0. The minimum atomic E-state index is -0.0952. The van der Waals surface area contributed by atoms with Crippen molar-refractivity contribution in [3.05, 3.63) is 35.1 Å². The van der Waals surface area contributed by atoms with E-state index in [4.69, 9.17) is 5.73 Å². The fourth-order valence-electron chi connectivity index (χ4n) is 2.10. The molecule has 0 aliphatic heterocycles. The van der Waals surface area contributed by atoms with Gasteiger partial charge in [0.15, 0.2) is 0 Å².